The van der Waals surface area contributed by atoms with Crippen LogP contribution in [0.15, 0.2) is 108 Å². The predicted octanol–water partition coefficient (Wildman–Crippen LogP) is 7.61. The van der Waals surface area contributed by atoms with Crippen LogP contribution in [0.3, 0.4) is 0 Å². The predicted molar refractivity (Wildman–Crippen MR) is 154 cm³/mol. The molecule has 0 aliphatic carbocycles. The molecule has 2 heterocycles. The molecule has 0 radical (unpaired) electrons. The first-order chi connectivity index (χ1) is 18.6. The van der Waals surface area contributed by atoms with Crippen molar-refractivity contribution < 1.29 is 14.6 Å². The minimum Gasteiger partial charge on any atom is -0.508 e. The molecule has 5 nitrogen and oxygen atoms in total. The van der Waals surface area contributed by atoms with Crippen LogP contribution in [0.5, 0.6) is 17.2 Å². The average Bonchev–Trinajstić information content (AvgIpc) is 2.95. The molecule has 0 spiro atoms. The summed E-state index contributed by atoms with van der Waals surface area (Å²) in [5, 5.41) is 12.2. The zero-order valence-corrected chi connectivity index (χ0v) is 22.1. The number of nitrogens with zero attached hydrogens (tertiary/aromatic N) is 2. The molecule has 5 aromatic carbocycles. The quantitative estimate of drug-likeness (QED) is 0.244. The molecule has 0 aromatic heterocycles. The molecule has 6 heteroatoms. The molecule has 2 aliphatic heterocycles. The molecule has 0 saturated carbocycles. The van der Waals surface area contributed by atoms with Gasteiger partial charge in [0.25, 0.3) is 0 Å². The SMILES string of the molecule is Oc1ccc(N2COc3cc4ccccc4cc3C2c2ccc3c(c2)CN(c2ccccc2Br)CO3)cc1. The molecule has 188 valence electrons. The summed E-state index contributed by atoms with van der Waals surface area (Å²) in [4.78, 5) is 4.48. The zero-order chi connectivity index (χ0) is 25.6. The van der Waals surface area contributed by atoms with Crippen LogP contribution >= 0.6 is 15.9 Å². The van der Waals surface area contributed by atoms with Crippen molar-refractivity contribution in [3.8, 4) is 17.2 Å². The topological polar surface area (TPSA) is 45.2 Å². The van der Waals surface area contributed by atoms with Gasteiger partial charge in [-0.05, 0) is 92.9 Å². The summed E-state index contributed by atoms with van der Waals surface area (Å²) in [6, 6.07) is 34.8. The van der Waals surface area contributed by atoms with E-state index in [4.69, 9.17) is 9.47 Å². The molecular formula is C32H25BrN2O3. The van der Waals surface area contributed by atoms with Gasteiger partial charge in [0.15, 0.2) is 13.5 Å². The Balaban J connectivity index is 1.34. The highest BCUT2D eigenvalue weighted by Crippen LogP contribution is 2.44. The number of hydrogen-bond acceptors (Lipinski definition) is 5. The van der Waals surface area contributed by atoms with E-state index < -0.39 is 0 Å². The normalized spacial score (nSPS) is 16.4. The van der Waals surface area contributed by atoms with Gasteiger partial charge in [0.1, 0.15) is 17.2 Å². The second kappa shape index (κ2) is 9.30. The molecule has 0 bridgehead atoms. The molecule has 5 aromatic rings. The highest BCUT2D eigenvalue weighted by molar-refractivity contribution is 9.10. The van der Waals surface area contributed by atoms with Crippen LogP contribution in [0.4, 0.5) is 11.4 Å². The highest BCUT2D eigenvalue weighted by Gasteiger charge is 2.32. The van der Waals surface area contributed by atoms with E-state index in [9.17, 15) is 5.11 Å². The molecule has 0 fully saturated rings. The number of fused-ring (bicyclic) bond motifs is 3. The largest absolute Gasteiger partial charge is 0.508 e. The molecular weight excluding hydrogens is 540 g/mol. The van der Waals surface area contributed by atoms with E-state index in [0.29, 0.717) is 13.5 Å². The fourth-order valence-corrected chi connectivity index (χ4v) is 6.02. The lowest BCUT2D eigenvalue weighted by Gasteiger charge is -2.40. The first-order valence-electron chi connectivity index (χ1n) is 12.6. The number of ether oxygens (including phenoxy) is 2. The smallest absolute Gasteiger partial charge is 0.162 e. The maximum atomic E-state index is 9.91. The van der Waals surface area contributed by atoms with Crippen LogP contribution in [0, 0.1) is 0 Å². The van der Waals surface area contributed by atoms with E-state index in [2.05, 4.69) is 92.5 Å². The standard InChI is InChI=1S/C32H25BrN2O3/c33-28-7-3-4-8-29(28)34-18-24-15-23(9-14-30(24)37-19-34)32-27-16-21-5-1-2-6-22(21)17-31(27)38-20-35(32)25-10-12-26(36)13-11-25/h1-17,32,36H,18-20H2. The van der Waals surface area contributed by atoms with Crippen molar-refractivity contribution in [1.82, 2.24) is 0 Å². The number of rotatable bonds is 3. The fraction of sp³-hybridized carbons (Fsp3) is 0.125. The number of anilines is 2. The van der Waals surface area contributed by atoms with Gasteiger partial charge < -0.3 is 24.4 Å². The third kappa shape index (κ3) is 4.02. The molecule has 1 N–H and O–H groups in total. The van der Waals surface area contributed by atoms with E-state index in [1.165, 1.54) is 5.39 Å². The van der Waals surface area contributed by atoms with E-state index in [0.717, 1.165) is 56.0 Å². The minimum absolute atomic E-state index is 0.0722. The van der Waals surface area contributed by atoms with E-state index in [1.807, 2.05) is 24.3 Å². The van der Waals surface area contributed by atoms with Gasteiger partial charge >= 0.3 is 0 Å². The van der Waals surface area contributed by atoms with Gasteiger partial charge in [-0.1, -0.05) is 42.5 Å². The lowest BCUT2D eigenvalue weighted by atomic mass is 9.91. The minimum atomic E-state index is -0.0722. The van der Waals surface area contributed by atoms with E-state index >= 15 is 0 Å². The summed E-state index contributed by atoms with van der Waals surface area (Å²) in [5.41, 5.74) is 5.51. The van der Waals surface area contributed by atoms with E-state index in [1.54, 1.807) is 12.1 Å². The van der Waals surface area contributed by atoms with Gasteiger partial charge in [-0.3, -0.25) is 0 Å². The Bertz CT molecular complexity index is 1650. The highest BCUT2D eigenvalue weighted by atomic mass is 79.9. The summed E-state index contributed by atoms with van der Waals surface area (Å²) < 4.78 is 13.5. The van der Waals surface area contributed by atoms with Crippen LogP contribution < -0.4 is 19.3 Å². The summed E-state index contributed by atoms with van der Waals surface area (Å²) in [6.07, 6.45) is 0. The first-order valence-corrected chi connectivity index (χ1v) is 13.4. The van der Waals surface area contributed by atoms with Crippen LogP contribution in [0.25, 0.3) is 10.8 Å². The van der Waals surface area contributed by atoms with Gasteiger partial charge in [0.2, 0.25) is 0 Å². The zero-order valence-electron chi connectivity index (χ0n) is 20.5. The van der Waals surface area contributed by atoms with Gasteiger partial charge in [-0.25, -0.2) is 0 Å². The second-order valence-electron chi connectivity index (χ2n) is 9.69. The Kier molecular flexibility index (Phi) is 5.63. The first kappa shape index (κ1) is 23.0. The van der Waals surface area contributed by atoms with Crippen molar-refractivity contribution in [3.05, 3.63) is 124 Å². The summed E-state index contributed by atoms with van der Waals surface area (Å²) in [5.74, 6) is 2.05. The van der Waals surface area contributed by atoms with E-state index in [-0.39, 0.29) is 11.8 Å². The summed E-state index contributed by atoms with van der Waals surface area (Å²) in [6.45, 7) is 1.65. The van der Waals surface area contributed by atoms with Crippen LogP contribution in [-0.2, 0) is 6.54 Å². The average molecular weight is 565 g/mol. The van der Waals surface area contributed by atoms with Gasteiger partial charge in [-0.15, -0.1) is 0 Å². The molecule has 2 aliphatic rings. The van der Waals surface area contributed by atoms with Gasteiger partial charge in [-0.2, -0.15) is 0 Å². The Morgan fingerprint density at radius 1 is 0.737 bits per heavy atom. The van der Waals surface area contributed by atoms with Crippen LogP contribution in [-0.4, -0.2) is 18.6 Å². The molecule has 1 unspecified atom stereocenters. The number of halogens is 1. The van der Waals surface area contributed by atoms with Crippen molar-refractivity contribution in [2.45, 2.75) is 12.6 Å². The number of phenols is 1. The fourth-order valence-electron chi connectivity index (χ4n) is 5.48. The number of hydrogen-bond donors (Lipinski definition) is 1. The van der Waals surface area contributed by atoms with Crippen molar-refractivity contribution in [2.75, 3.05) is 23.3 Å². The number of aromatic hydroxyl groups is 1. The van der Waals surface area contributed by atoms with Crippen molar-refractivity contribution in [3.63, 3.8) is 0 Å². The summed E-state index contributed by atoms with van der Waals surface area (Å²) in [7, 11) is 0. The number of para-hydroxylation sites is 1. The molecule has 0 amide bonds. The Labute approximate surface area is 229 Å². The maximum absolute atomic E-state index is 9.91. The van der Waals surface area contributed by atoms with Gasteiger partial charge in [0, 0.05) is 27.8 Å². The van der Waals surface area contributed by atoms with Gasteiger partial charge in [0.05, 0.1) is 11.7 Å². The summed E-state index contributed by atoms with van der Waals surface area (Å²) >= 11 is 3.69. The molecule has 38 heavy (non-hydrogen) atoms. The second-order valence-corrected chi connectivity index (χ2v) is 10.5. The third-order valence-electron chi connectivity index (χ3n) is 7.36. The van der Waals surface area contributed by atoms with Crippen LogP contribution in [0.1, 0.15) is 22.7 Å². The number of benzene rings is 5. The Morgan fingerprint density at radius 3 is 2.29 bits per heavy atom. The van der Waals surface area contributed by atoms with Crippen molar-refractivity contribution in [1.29, 1.82) is 0 Å². The monoisotopic (exact) mass is 564 g/mol. The van der Waals surface area contributed by atoms with Crippen molar-refractivity contribution in [2.24, 2.45) is 0 Å². The van der Waals surface area contributed by atoms with Crippen molar-refractivity contribution >= 4 is 38.1 Å². The lowest BCUT2D eigenvalue weighted by molar-refractivity contribution is 0.277. The lowest BCUT2D eigenvalue weighted by Crippen LogP contribution is -2.37. The Morgan fingerprint density at radius 2 is 1.47 bits per heavy atom. The molecule has 0 saturated heterocycles. The Hall–Kier alpha value is -4.16. The maximum Gasteiger partial charge on any atom is 0.162 e. The molecule has 1 atom stereocenters. The number of phenolic OH excluding ortho intramolecular Hbond substituents is 1. The van der Waals surface area contributed by atoms with Crippen LogP contribution in [0.2, 0.25) is 0 Å². The molecule has 7 rings (SSSR count). The third-order valence-corrected chi connectivity index (χ3v) is 8.03.